The van der Waals surface area contributed by atoms with Gasteiger partial charge in [-0.1, -0.05) is 12.1 Å². The Morgan fingerprint density at radius 1 is 1.14 bits per heavy atom. The number of anilines is 2. The topological polar surface area (TPSA) is 145 Å². The Balaban J connectivity index is 1.32. The molecule has 2 aliphatic rings. The molecule has 2 fully saturated rings. The van der Waals surface area contributed by atoms with Crippen molar-refractivity contribution < 1.29 is 23.7 Å². The van der Waals surface area contributed by atoms with Gasteiger partial charge in [0.1, 0.15) is 23.3 Å². The quantitative estimate of drug-likeness (QED) is 0.348. The van der Waals surface area contributed by atoms with E-state index in [1.807, 2.05) is 12.1 Å². The van der Waals surface area contributed by atoms with Gasteiger partial charge in [-0.25, -0.2) is 23.7 Å². The lowest BCUT2D eigenvalue weighted by Gasteiger charge is -2.26. The predicted octanol–water partition coefficient (Wildman–Crippen LogP) is 2.37. The van der Waals surface area contributed by atoms with Crippen LogP contribution in [0.15, 0.2) is 30.5 Å². The fourth-order valence-electron chi connectivity index (χ4n) is 5.63. The molecule has 1 aliphatic heterocycles. The molecule has 11 heteroatoms. The Morgan fingerprint density at radius 3 is 2.74 bits per heavy atom. The van der Waals surface area contributed by atoms with Crippen molar-refractivity contribution in [2.45, 2.75) is 50.2 Å². The molecule has 4 aromatic rings. The van der Waals surface area contributed by atoms with Crippen LogP contribution in [0.3, 0.4) is 0 Å². The van der Waals surface area contributed by atoms with Gasteiger partial charge in [-0.3, -0.25) is 0 Å². The molecule has 182 valence electrons. The number of nitrogens with two attached hydrogens (primary N) is 2. The van der Waals surface area contributed by atoms with E-state index in [1.54, 1.807) is 13.0 Å². The summed E-state index contributed by atoms with van der Waals surface area (Å²) in [5.74, 6) is -1.14. The molecule has 0 bridgehead atoms. The maximum absolute atomic E-state index is 14.7. The lowest BCUT2D eigenvalue weighted by molar-refractivity contribution is -0.0675. The van der Waals surface area contributed by atoms with Gasteiger partial charge in [-0.15, -0.1) is 0 Å². The molecule has 6 N–H and O–H groups in total. The van der Waals surface area contributed by atoms with Gasteiger partial charge in [0.15, 0.2) is 29.3 Å². The highest BCUT2D eigenvalue weighted by Gasteiger charge is 2.61. The molecule has 1 saturated carbocycles. The van der Waals surface area contributed by atoms with Gasteiger partial charge in [0.25, 0.3) is 0 Å². The van der Waals surface area contributed by atoms with Crippen LogP contribution in [0, 0.1) is 24.5 Å². The van der Waals surface area contributed by atoms with Crippen molar-refractivity contribution in [2.24, 2.45) is 5.92 Å². The fourth-order valence-corrected chi connectivity index (χ4v) is 5.63. The van der Waals surface area contributed by atoms with Crippen LogP contribution in [0.25, 0.3) is 21.9 Å². The third-order valence-corrected chi connectivity index (χ3v) is 7.31. The molecule has 35 heavy (non-hydrogen) atoms. The first-order valence-electron chi connectivity index (χ1n) is 11.4. The molecule has 1 unspecified atom stereocenters. The average Bonchev–Trinajstić information content (AvgIpc) is 3.38. The molecule has 4 heterocycles. The van der Waals surface area contributed by atoms with Crippen molar-refractivity contribution in [3.05, 3.63) is 53.5 Å². The van der Waals surface area contributed by atoms with Crippen molar-refractivity contribution in [1.82, 2.24) is 19.5 Å². The van der Waals surface area contributed by atoms with Crippen LogP contribution in [0.4, 0.5) is 20.4 Å². The largest absolute Gasteiger partial charge is 0.385 e. The third-order valence-electron chi connectivity index (χ3n) is 7.31. The second-order valence-corrected chi connectivity index (χ2v) is 9.51. The summed E-state index contributed by atoms with van der Waals surface area (Å²) in [6, 6.07) is 6.82. The number of nitrogen functional groups attached to an aromatic ring is 2. The first-order valence-corrected chi connectivity index (χ1v) is 11.4. The molecular weight excluding hydrogens is 458 g/mol. The summed E-state index contributed by atoms with van der Waals surface area (Å²) in [4.78, 5) is 12.4. The van der Waals surface area contributed by atoms with E-state index in [0.29, 0.717) is 36.0 Å². The van der Waals surface area contributed by atoms with Crippen molar-refractivity contribution in [3.8, 4) is 0 Å². The number of aryl methyl sites for hydroxylation is 1. The van der Waals surface area contributed by atoms with Crippen LogP contribution in [-0.4, -0.2) is 47.5 Å². The van der Waals surface area contributed by atoms with E-state index in [-0.39, 0.29) is 28.6 Å². The molecule has 0 radical (unpaired) electrons. The van der Waals surface area contributed by atoms with Gasteiger partial charge >= 0.3 is 0 Å². The van der Waals surface area contributed by atoms with Crippen LogP contribution < -0.4 is 11.5 Å². The van der Waals surface area contributed by atoms with Crippen molar-refractivity contribution in [2.75, 3.05) is 11.5 Å². The van der Waals surface area contributed by atoms with Crippen molar-refractivity contribution in [1.29, 1.82) is 0 Å². The number of hydrogen-bond donors (Lipinski definition) is 4. The lowest BCUT2D eigenvalue weighted by Crippen LogP contribution is -2.45. The monoisotopic (exact) mass is 482 g/mol. The molecule has 1 aromatic carbocycles. The van der Waals surface area contributed by atoms with Crippen LogP contribution in [-0.2, 0) is 11.2 Å². The number of aromatic nitrogens is 4. The van der Waals surface area contributed by atoms with Gasteiger partial charge in [0, 0.05) is 11.6 Å². The Hall–Kier alpha value is -3.41. The normalized spacial score (nSPS) is 28.3. The number of aliphatic hydroxyl groups excluding tert-OH is 1. The van der Waals surface area contributed by atoms with Crippen LogP contribution in [0.2, 0.25) is 0 Å². The molecule has 1 saturated heterocycles. The minimum absolute atomic E-state index is 0.00143. The number of pyridine rings is 1. The highest BCUT2D eigenvalue weighted by atomic mass is 19.1. The summed E-state index contributed by atoms with van der Waals surface area (Å²) in [5.41, 5.74) is 11.7. The zero-order valence-corrected chi connectivity index (χ0v) is 18.8. The van der Waals surface area contributed by atoms with Crippen LogP contribution >= 0.6 is 0 Å². The number of aliphatic hydroxyl groups is 2. The third kappa shape index (κ3) is 3.26. The summed E-state index contributed by atoms with van der Waals surface area (Å²) in [6.45, 7) is 1.63. The van der Waals surface area contributed by atoms with E-state index in [0.717, 1.165) is 5.56 Å². The maximum Gasteiger partial charge on any atom is 0.165 e. The highest BCUT2D eigenvalue weighted by molar-refractivity contribution is 5.87. The summed E-state index contributed by atoms with van der Waals surface area (Å²) in [5, 5.41) is 23.2. The van der Waals surface area contributed by atoms with E-state index in [4.69, 9.17) is 16.2 Å². The zero-order valence-electron chi connectivity index (χ0n) is 18.8. The number of fused-ring (bicyclic) bond motifs is 3. The second-order valence-electron chi connectivity index (χ2n) is 9.51. The van der Waals surface area contributed by atoms with Gasteiger partial charge in [0.2, 0.25) is 0 Å². The first kappa shape index (κ1) is 22.1. The molecule has 3 aromatic heterocycles. The molecular formula is C24H24F2N6O3. The van der Waals surface area contributed by atoms with Gasteiger partial charge in [-0.05, 0) is 49.8 Å². The number of rotatable bonds is 3. The number of benzene rings is 1. The van der Waals surface area contributed by atoms with E-state index < -0.39 is 35.7 Å². The van der Waals surface area contributed by atoms with E-state index in [9.17, 15) is 19.0 Å². The van der Waals surface area contributed by atoms with Gasteiger partial charge < -0.3 is 31.0 Å². The standard InChI is InChI=1S/C24H24F2N6O3/c1-10-29-21(28)17-15(26)9-32(22(17)30-10)23-18(33)24(34)5-4-13(19(24)35-23)6-11-2-3-12-8-14(25)20(27)31-16(12)7-11/h2-3,7-9,13,18-19,23,33-34H,4-6H2,1H3,(H2,27,31)(H2,28,29,30)/t13-,18-,19?,23+,24-/m0/s1. The van der Waals surface area contributed by atoms with E-state index in [1.165, 1.54) is 16.8 Å². The minimum atomic E-state index is -1.50. The number of nitrogens with zero attached hydrogens (tertiary/aromatic N) is 4. The molecule has 0 spiro atoms. The lowest BCUT2D eigenvalue weighted by atomic mass is 9.90. The predicted molar refractivity (Wildman–Crippen MR) is 124 cm³/mol. The smallest absolute Gasteiger partial charge is 0.165 e. The average molecular weight is 482 g/mol. The molecule has 5 atom stereocenters. The van der Waals surface area contributed by atoms with Crippen LogP contribution in [0.5, 0.6) is 0 Å². The van der Waals surface area contributed by atoms with Crippen molar-refractivity contribution in [3.63, 3.8) is 0 Å². The molecule has 9 nitrogen and oxygen atoms in total. The highest BCUT2D eigenvalue weighted by Crippen LogP contribution is 2.51. The second kappa shape index (κ2) is 7.54. The van der Waals surface area contributed by atoms with E-state index in [2.05, 4.69) is 15.0 Å². The minimum Gasteiger partial charge on any atom is -0.385 e. The Labute approximate surface area is 198 Å². The number of ether oxygens (including phenoxy) is 1. The number of halogens is 2. The Bertz CT molecular complexity index is 1490. The zero-order chi connectivity index (χ0) is 24.6. The molecule has 6 rings (SSSR count). The summed E-state index contributed by atoms with van der Waals surface area (Å²) < 4.78 is 36.0. The Morgan fingerprint density at radius 2 is 1.94 bits per heavy atom. The van der Waals surface area contributed by atoms with Crippen LogP contribution in [0.1, 0.15) is 30.5 Å². The first-order chi connectivity index (χ1) is 16.7. The SMILES string of the molecule is Cc1nc(N)c2c(F)cn([C@@H]3OC4[C@H](Cc5ccc6cc(F)c(N)nc6c5)CC[C@]4(O)[C@H]3O)c2n1. The summed E-state index contributed by atoms with van der Waals surface area (Å²) in [6.07, 6.45) is -0.388. The fraction of sp³-hybridized carbons (Fsp3) is 0.375. The summed E-state index contributed by atoms with van der Waals surface area (Å²) in [7, 11) is 0. The molecule has 0 amide bonds. The maximum atomic E-state index is 14.7. The Kier molecular flexibility index (Phi) is 4.76. The summed E-state index contributed by atoms with van der Waals surface area (Å²) >= 11 is 0. The van der Waals surface area contributed by atoms with Gasteiger partial charge in [0.05, 0.1) is 17.0 Å². The van der Waals surface area contributed by atoms with E-state index >= 15 is 0 Å². The number of hydrogen-bond acceptors (Lipinski definition) is 8. The molecule has 1 aliphatic carbocycles. The van der Waals surface area contributed by atoms with Gasteiger partial charge in [-0.2, -0.15) is 0 Å². The van der Waals surface area contributed by atoms with Crippen molar-refractivity contribution >= 4 is 33.6 Å².